The Labute approximate surface area is 155 Å². The topological polar surface area (TPSA) is 38.7 Å². The first-order valence-electron chi connectivity index (χ1n) is 9.16. The molecule has 0 spiro atoms. The summed E-state index contributed by atoms with van der Waals surface area (Å²) in [7, 11) is -1.67. The van der Waals surface area contributed by atoms with Crippen molar-refractivity contribution >= 4 is 30.9 Å². The Hall–Kier alpha value is 0.567. The molecule has 5 atom stereocenters. The first-order valence-corrected chi connectivity index (χ1v) is 12.8. The third kappa shape index (κ3) is 2.69. The van der Waals surface area contributed by atoms with Crippen molar-refractivity contribution in [1.82, 2.24) is 0 Å². The third-order valence-corrected chi connectivity index (χ3v) is 12.6. The monoisotopic (exact) mass is 450 g/mol. The summed E-state index contributed by atoms with van der Waals surface area (Å²) in [6.07, 6.45) is 4.72. The van der Waals surface area contributed by atoms with Gasteiger partial charge in [-0.25, -0.2) is 0 Å². The Morgan fingerprint density at radius 3 is 2.48 bits per heavy atom. The maximum Gasteiger partial charge on any atom is 0.193 e. The number of alkyl halides is 1. The van der Waals surface area contributed by atoms with Crippen molar-refractivity contribution in [3.05, 3.63) is 11.6 Å². The van der Waals surface area contributed by atoms with Crippen LogP contribution in [0.3, 0.4) is 0 Å². The lowest BCUT2D eigenvalue weighted by Gasteiger charge is -2.45. The Bertz CT molecular complexity index is 512. The van der Waals surface area contributed by atoms with E-state index in [1.807, 2.05) is 0 Å². The molecule has 1 N–H and O–H groups in total. The van der Waals surface area contributed by atoms with Gasteiger partial charge >= 0.3 is 0 Å². The predicted octanol–water partition coefficient (Wildman–Crippen LogP) is 4.79. The average molecular weight is 450 g/mol. The van der Waals surface area contributed by atoms with Crippen LogP contribution in [0.2, 0.25) is 18.1 Å². The van der Waals surface area contributed by atoms with E-state index in [1.54, 1.807) is 0 Å². The molecule has 2 bridgehead atoms. The molecule has 1 saturated heterocycles. The molecule has 2 aliphatic heterocycles. The molecule has 0 aromatic rings. The van der Waals surface area contributed by atoms with Crippen molar-refractivity contribution in [2.24, 2.45) is 5.92 Å². The molecular weight excluding hydrogens is 419 g/mol. The van der Waals surface area contributed by atoms with Crippen molar-refractivity contribution in [3.63, 3.8) is 0 Å². The van der Waals surface area contributed by atoms with Gasteiger partial charge < -0.3 is 14.3 Å². The van der Waals surface area contributed by atoms with Gasteiger partial charge in [-0.1, -0.05) is 20.8 Å². The van der Waals surface area contributed by atoms with Crippen molar-refractivity contribution in [2.75, 3.05) is 0 Å². The van der Waals surface area contributed by atoms with Crippen LogP contribution >= 0.6 is 22.6 Å². The lowest BCUT2D eigenvalue weighted by molar-refractivity contribution is -0.102. The standard InChI is InChI=1S/C18H31IO3Si/c1-6-23(7-2,8-3)22-16(4)10-9-13-14(16)11-18(19)12-15(20)17(13,5)21-18/h11,13,15,20H,6-10,12H2,1-5H3/t13-,15-,16+,17+,18-/m1/s1. The molecule has 2 fully saturated rings. The lowest BCUT2D eigenvalue weighted by Crippen LogP contribution is -2.50. The van der Waals surface area contributed by atoms with Crippen LogP contribution in [0.25, 0.3) is 0 Å². The molecule has 23 heavy (non-hydrogen) atoms. The highest BCUT2D eigenvalue weighted by Crippen LogP contribution is 2.60. The lowest BCUT2D eigenvalue weighted by atomic mass is 9.80. The summed E-state index contributed by atoms with van der Waals surface area (Å²) in [4.78, 5) is 0. The zero-order chi connectivity index (χ0) is 17.1. The number of ether oxygens (including phenoxy) is 1. The minimum Gasteiger partial charge on any atom is -0.408 e. The van der Waals surface area contributed by atoms with Gasteiger partial charge in [-0.2, -0.15) is 0 Å². The van der Waals surface area contributed by atoms with E-state index in [1.165, 1.54) is 23.7 Å². The smallest absolute Gasteiger partial charge is 0.193 e. The maximum atomic E-state index is 10.6. The highest BCUT2D eigenvalue weighted by molar-refractivity contribution is 14.1. The number of hydrogen-bond acceptors (Lipinski definition) is 3. The fraction of sp³-hybridized carbons (Fsp3) is 0.889. The largest absolute Gasteiger partial charge is 0.408 e. The Morgan fingerprint density at radius 2 is 1.91 bits per heavy atom. The second-order valence-corrected chi connectivity index (χ2v) is 14.6. The minimum absolute atomic E-state index is 0.162. The fourth-order valence-corrected chi connectivity index (χ4v) is 9.39. The molecule has 0 aromatic carbocycles. The molecule has 0 unspecified atom stereocenters. The van der Waals surface area contributed by atoms with E-state index in [2.05, 4.69) is 63.3 Å². The van der Waals surface area contributed by atoms with Gasteiger partial charge in [0.05, 0.1) is 11.7 Å². The Kier molecular flexibility index (Phi) is 4.62. The highest BCUT2D eigenvalue weighted by Gasteiger charge is 2.63. The molecule has 0 radical (unpaired) electrons. The quantitative estimate of drug-likeness (QED) is 0.283. The summed E-state index contributed by atoms with van der Waals surface area (Å²) in [5.41, 5.74) is 0.801. The molecule has 0 aromatic heterocycles. The molecule has 1 aliphatic carbocycles. The number of rotatable bonds is 5. The van der Waals surface area contributed by atoms with Gasteiger partial charge in [-0.3, -0.25) is 0 Å². The average Bonchev–Trinajstić information content (AvgIpc) is 2.91. The van der Waals surface area contributed by atoms with Crippen LogP contribution in [-0.4, -0.2) is 34.3 Å². The summed E-state index contributed by atoms with van der Waals surface area (Å²) in [6, 6.07) is 3.54. The van der Waals surface area contributed by atoms with Crippen molar-refractivity contribution < 1.29 is 14.3 Å². The van der Waals surface area contributed by atoms with Crippen LogP contribution in [-0.2, 0) is 9.16 Å². The van der Waals surface area contributed by atoms with Gasteiger partial charge in [-0.05, 0) is 79.1 Å². The fourth-order valence-electron chi connectivity index (χ4n) is 5.06. The van der Waals surface area contributed by atoms with Crippen molar-refractivity contribution in [3.8, 4) is 0 Å². The number of aliphatic hydroxyl groups excluding tert-OH is 1. The van der Waals surface area contributed by atoms with Crippen LogP contribution in [0.1, 0.15) is 53.9 Å². The molecule has 1 saturated carbocycles. The van der Waals surface area contributed by atoms with Crippen LogP contribution in [0, 0.1) is 5.92 Å². The second-order valence-electron chi connectivity index (χ2n) is 8.06. The minimum atomic E-state index is -1.67. The van der Waals surface area contributed by atoms with E-state index >= 15 is 0 Å². The van der Waals surface area contributed by atoms with E-state index in [4.69, 9.17) is 9.16 Å². The van der Waals surface area contributed by atoms with E-state index in [9.17, 15) is 5.11 Å². The van der Waals surface area contributed by atoms with E-state index < -0.39 is 13.9 Å². The number of fused-ring (bicyclic) bond motifs is 4. The second kappa shape index (κ2) is 5.79. The van der Waals surface area contributed by atoms with E-state index in [-0.39, 0.29) is 15.3 Å². The normalized spacial score (nSPS) is 46.0. The molecule has 3 nitrogen and oxygen atoms in total. The molecule has 132 valence electrons. The van der Waals surface area contributed by atoms with E-state index in [0.717, 1.165) is 12.8 Å². The van der Waals surface area contributed by atoms with Gasteiger partial charge in [0, 0.05) is 12.3 Å². The zero-order valence-corrected chi connectivity index (χ0v) is 18.3. The van der Waals surface area contributed by atoms with Gasteiger partial charge in [0.2, 0.25) is 0 Å². The van der Waals surface area contributed by atoms with Gasteiger partial charge in [0.15, 0.2) is 8.32 Å². The summed E-state index contributed by atoms with van der Waals surface area (Å²) >= 11 is 2.38. The molecule has 5 heteroatoms. The van der Waals surface area contributed by atoms with Crippen molar-refractivity contribution in [1.29, 1.82) is 0 Å². The zero-order valence-electron chi connectivity index (χ0n) is 15.1. The summed E-state index contributed by atoms with van der Waals surface area (Å²) in [5, 5.41) is 10.6. The first kappa shape index (κ1) is 18.4. The predicted molar refractivity (Wildman–Crippen MR) is 104 cm³/mol. The van der Waals surface area contributed by atoms with Crippen LogP contribution in [0.4, 0.5) is 0 Å². The molecule has 3 rings (SSSR count). The van der Waals surface area contributed by atoms with E-state index in [0.29, 0.717) is 12.3 Å². The first-order chi connectivity index (χ1) is 10.7. The summed E-state index contributed by atoms with van der Waals surface area (Å²) in [6.45, 7) is 11.3. The molecule has 2 heterocycles. The van der Waals surface area contributed by atoms with Crippen molar-refractivity contribution in [2.45, 2.75) is 92.9 Å². The SMILES string of the molecule is CC[Si](CC)(CC)O[C@@]1(C)CC[C@@H]2C1=C[C@]1(I)C[C@@H](O)[C@@]2(C)O1. The summed E-state index contributed by atoms with van der Waals surface area (Å²) < 4.78 is 12.9. The molecule has 3 aliphatic rings. The number of aliphatic hydroxyl groups is 1. The third-order valence-electron chi connectivity index (χ3n) is 6.86. The van der Waals surface area contributed by atoms with Gasteiger partial charge in [-0.15, -0.1) is 0 Å². The Balaban J connectivity index is 1.97. The van der Waals surface area contributed by atoms with Crippen LogP contribution in [0.5, 0.6) is 0 Å². The number of halogens is 1. The van der Waals surface area contributed by atoms with Gasteiger partial charge in [0.25, 0.3) is 0 Å². The molecular formula is C18H31IO3Si. The number of hydrogen-bond donors (Lipinski definition) is 1. The van der Waals surface area contributed by atoms with Crippen LogP contribution in [0.15, 0.2) is 11.6 Å². The summed E-state index contributed by atoms with van der Waals surface area (Å²) in [5.74, 6) is 0.296. The van der Waals surface area contributed by atoms with Crippen LogP contribution < -0.4 is 0 Å². The Morgan fingerprint density at radius 1 is 1.30 bits per heavy atom. The van der Waals surface area contributed by atoms with Gasteiger partial charge in [0.1, 0.15) is 9.21 Å². The molecule has 0 amide bonds. The maximum absolute atomic E-state index is 10.6. The highest BCUT2D eigenvalue weighted by atomic mass is 127.